The fourth-order valence-corrected chi connectivity index (χ4v) is 3.17. The number of anilines is 1. The molecule has 0 fully saturated rings. The standard InChI is InChI=1S/C16H19N3OS.ClH/c1-16(2,17)14(20)19-15-18-13(9-21-15)12-7-6-10-4-3-5-11(10)8-12;/h6-9H,3-5,17H2,1-2H3,(H,18,19,20);1H. The number of thiazole rings is 1. The normalized spacial score (nSPS) is 13.4. The van der Waals surface area contributed by atoms with Gasteiger partial charge in [0.05, 0.1) is 11.2 Å². The summed E-state index contributed by atoms with van der Waals surface area (Å²) < 4.78 is 0. The molecule has 0 saturated heterocycles. The van der Waals surface area contributed by atoms with E-state index in [1.54, 1.807) is 13.8 Å². The average Bonchev–Trinajstić information content (AvgIpc) is 3.04. The molecule has 3 N–H and O–H groups in total. The van der Waals surface area contributed by atoms with Gasteiger partial charge in [0.2, 0.25) is 5.91 Å². The number of nitrogens with two attached hydrogens (primary N) is 1. The number of halogens is 1. The minimum atomic E-state index is -0.903. The third kappa shape index (κ3) is 3.48. The first kappa shape index (κ1) is 16.9. The number of hydrogen-bond donors (Lipinski definition) is 2. The molecule has 1 aliphatic carbocycles. The number of nitrogens with one attached hydrogen (secondary N) is 1. The van der Waals surface area contributed by atoms with Gasteiger partial charge in [-0.2, -0.15) is 0 Å². The third-order valence-electron chi connectivity index (χ3n) is 3.70. The van der Waals surface area contributed by atoms with Gasteiger partial charge in [-0.15, -0.1) is 23.7 Å². The van der Waals surface area contributed by atoms with Gasteiger partial charge in [0.1, 0.15) is 0 Å². The largest absolute Gasteiger partial charge is 0.318 e. The highest BCUT2D eigenvalue weighted by Crippen LogP contribution is 2.30. The number of nitrogens with zero attached hydrogens (tertiary/aromatic N) is 1. The molecule has 1 aromatic carbocycles. The van der Waals surface area contributed by atoms with Crippen LogP contribution in [0, 0.1) is 0 Å². The average molecular weight is 338 g/mol. The number of hydrogen-bond acceptors (Lipinski definition) is 4. The molecule has 1 aliphatic rings. The first-order valence-corrected chi connectivity index (χ1v) is 7.99. The molecule has 1 aromatic heterocycles. The number of benzene rings is 1. The van der Waals surface area contributed by atoms with Crippen LogP contribution in [0.15, 0.2) is 23.6 Å². The molecular weight excluding hydrogens is 318 g/mol. The fraction of sp³-hybridized carbons (Fsp3) is 0.375. The second-order valence-corrected chi connectivity index (χ2v) is 6.91. The van der Waals surface area contributed by atoms with E-state index in [4.69, 9.17) is 5.73 Å². The Morgan fingerprint density at radius 3 is 2.77 bits per heavy atom. The Balaban J connectivity index is 0.00000176. The molecule has 4 nitrogen and oxygen atoms in total. The maximum Gasteiger partial charge on any atom is 0.245 e. The molecule has 118 valence electrons. The third-order valence-corrected chi connectivity index (χ3v) is 4.46. The van der Waals surface area contributed by atoms with Gasteiger partial charge in [0.25, 0.3) is 0 Å². The number of carbonyl (C=O) groups excluding carboxylic acids is 1. The number of fused-ring (bicyclic) bond motifs is 1. The summed E-state index contributed by atoms with van der Waals surface area (Å²) in [4.78, 5) is 16.4. The maximum atomic E-state index is 11.9. The highest BCUT2D eigenvalue weighted by atomic mass is 35.5. The summed E-state index contributed by atoms with van der Waals surface area (Å²) in [6.07, 6.45) is 3.57. The zero-order chi connectivity index (χ0) is 15.0. The lowest BCUT2D eigenvalue weighted by Crippen LogP contribution is -2.45. The van der Waals surface area contributed by atoms with Gasteiger partial charge in [-0.05, 0) is 50.3 Å². The zero-order valence-corrected chi connectivity index (χ0v) is 14.3. The Morgan fingerprint density at radius 2 is 2.05 bits per heavy atom. The Labute approximate surface area is 140 Å². The van der Waals surface area contributed by atoms with E-state index in [1.165, 1.54) is 35.3 Å². The van der Waals surface area contributed by atoms with Crippen molar-refractivity contribution in [3.63, 3.8) is 0 Å². The summed E-state index contributed by atoms with van der Waals surface area (Å²) in [5, 5.41) is 5.33. The molecule has 0 bridgehead atoms. The molecule has 3 rings (SSSR count). The smallest absolute Gasteiger partial charge is 0.245 e. The van der Waals surface area contributed by atoms with Crippen molar-refractivity contribution in [3.05, 3.63) is 34.7 Å². The van der Waals surface area contributed by atoms with Crippen molar-refractivity contribution in [2.45, 2.75) is 38.6 Å². The Morgan fingerprint density at radius 1 is 1.32 bits per heavy atom. The molecule has 22 heavy (non-hydrogen) atoms. The number of carbonyl (C=O) groups is 1. The van der Waals surface area contributed by atoms with Crippen LogP contribution in [-0.4, -0.2) is 16.4 Å². The molecule has 0 unspecified atom stereocenters. The van der Waals surface area contributed by atoms with Crippen molar-refractivity contribution in [2.75, 3.05) is 5.32 Å². The van der Waals surface area contributed by atoms with Crippen molar-refractivity contribution >= 4 is 34.8 Å². The van der Waals surface area contributed by atoms with Crippen LogP contribution >= 0.6 is 23.7 Å². The van der Waals surface area contributed by atoms with Crippen LogP contribution in [0.3, 0.4) is 0 Å². The summed E-state index contributed by atoms with van der Waals surface area (Å²) in [5.74, 6) is -0.225. The summed E-state index contributed by atoms with van der Waals surface area (Å²) in [7, 11) is 0. The van der Waals surface area contributed by atoms with E-state index in [2.05, 4.69) is 28.5 Å². The second-order valence-electron chi connectivity index (χ2n) is 6.05. The lowest BCUT2D eigenvalue weighted by molar-refractivity contribution is -0.120. The molecule has 0 radical (unpaired) electrons. The molecule has 1 amide bonds. The summed E-state index contributed by atoms with van der Waals surface area (Å²) in [5.41, 5.74) is 9.76. The van der Waals surface area contributed by atoms with Gasteiger partial charge < -0.3 is 11.1 Å². The van der Waals surface area contributed by atoms with Crippen molar-refractivity contribution in [2.24, 2.45) is 5.73 Å². The Bertz CT molecular complexity index is 691. The van der Waals surface area contributed by atoms with Crippen LogP contribution in [0.2, 0.25) is 0 Å². The first-order chi connectivity index (χ1) is 9.93. The predicted octanol–water partition coefficient (Wildman–Crippen LogP) is 3.40. The lowest BCUT2D eigenvalue weighted by Gasteiger charge is -2.16. The number of aryl methyl sites for hydroxylation is 2. The summed E-state index contributed by atoms with van der Waals surface area (Å²) >= 11 is 1.42. The Kier molecular flexibility index (Phi) is 4.90. The molecule has 0 atom stereocenters. The van der Waals surface area contributed by atoms with E-state index in [0.29, 0.717) is 5.13 Å². The van der Waals surface area contributed by atoms with Crippen molar-refractivity contribution in [1.82, 2.24) is 4.98 Å². The van der Waals surface area contributed by atoms with Gasteiger partial charge in [-0.3, -0.25) is 4.79 Å². The van der Waals surface area contributed by atoms with Gasteiger partial charge in [0.15, 0.2) is 5.13 Å². The minimum Gasteiger partial charge on any atom is -0.318 e. The fourth-order valence-electron chi connectivity index (χ4n) is 2.45. The van der Waals surface area contributed by atoms with Gasteiger partial charge >= 0.3 is 0 Å². The molecule has 2 aromatic rings. The molecule has 6 heteroatoms. The predicted molar refractivity (Wildman–Crippen MR) is 93.7 cm³/mol. The number of amides is 1. The number of aromatic nitrogens is 1. The lowest BCUT2D eigenvalue weighted by atomic mass is 10.1. The quantitative estimate of drug-likeness (QED) is 0.902. The highest BCUT2D eigenvalue weighted by Gasteiger charge is 2.23. The molecule has 0 saturated carbocycles. The van der Waals surface area contributed by atoms with Gasteiger partial charge in [0, 0.05) is 10.9 Å². The zero-order valence-electron chi connectivity index (χ0n) is 12.7. The van der Waals surface area contributed by atoms with Crippen LogP contribution in [0.4, 0.5) is 5.13 Å². The van der Waals surface area contributed by atoms with Gasteiger partial charge in [-0.1, -0.05) is 12.1 Å². The van der Waals surface area contributed by atoms with E-state index < -0.39 is 5.54 Å². The van der Waals surface area contributed by atoms with Crippen LogP contribution in [0.5, 0.6) is 0 Å². The maximum absolute atomic E-state index is 11.9. The minimum absolute atomic E-state index is 0. The molecule has 0 spiro atoms. The van der Waals surface area contributed by atoms with E-state index in [9.17, 15) is 4.79 Å². The highest BCUT2D eigenvalue weighted by molar-refractivity contribution is 7.14. The summed E-state index contributed by atoms with van der Waals surface area (Å²) in [6.45, 7) is 3.36. The van der Waals surface area contributed by atoms with E-state index >= 15 is 0 Å². The first-order valence-electron chi connectivity index (χ1n) is 7.11. The topological polar surface area (TPSA) is 68.0 Å². The van der Waals surface area contributed by atoms with Crippen LogP contribution in [-0.2, 0) is 17.6 Å². The van der Waals surface area contributed by atoms with E-state index in [-0.39, 0.29) is 18.3 Å². The SMILES string of the molecule is CC(C)(N)C(=O)Nc1nc(-c2ccc3c(c2)CCC3)cs1.Cl. The number of rotatable bonds is 3. The van der Waals surface area contributed by atoms with Crippen LogP contribution in [0.1, 0.15) is 31.4 Å². The summed E-state index contributed by atoms with van der Waals surface area (Å²) in [6, 6.07) is 6.52. The molecule has 1 heterocycles. The van der Waals surface area contributed by atoms with Gasteiger partial charge in [-0.25, -0.2) is 4.98 Å². The van der Waals surface area contributed by atoms with E-state index in [0.717, 1.165) is 17.7 Å². The second kappa shape index (κ2) is 6.36. The van der Waals surface area contributed by atoms with Crippen molar-refractivity contribution in [1.29, 1.82) is 0 Å². The molecular formula is C16H20ClN3OS. The van der Waals surface area contributed by atoms with Crippen molar-refractivity contribution in [3.8, 4) is 11.3 Å². The van der Waals surface area contributed by atoms with Crippen LogP contribution in [0.25, 0.3) is 11.3 Å². The Hall–Kier alpha value is -1.43. The monoisotopic (exact) mass is 337 g/mol. The van der Waals surface area contributed by atoms with Crippen LogP contribution < -0.4 is 11.1 Å². The molecule has 0 aliphatic heterocycles. The van der Waals surface area contributed by atoms with E-state index in [1.807, 2.05) is 5.38 Å². The van der Waals surface area contributed by atoms with Crippen molar-refractivity contribution < 1.29 is 4.79 Å².